The van der Waals surface area contributed by atoms with Crippen molar-refractivity contribution in [2.45, 2.75) is 26.8 Å². The van der Waals surface area contributed by atoms with E-state index in [4.69, 9.17) is 9.84 Å². The molecule has 0 bridgehead atoms. The molecule has 0 aromatic heterocycles. The van der Waals surface area contributed by atoms with Gasteiger partial charge in [0, 0.05) is 24.9 Å². The van der Waals surface area contributed by atoms with Crippen LogP contribution in [0.15, 0.2) is 12.1 Å². The van der Waals surface area contributed by atoms with Crippen molar-refractivity contribution in [2.75, 3.05) is 25.7 Å². The quantitative estimate of drug-likeness (QED) is 0.789. The highest BCUT2D eigenvalue weighted by Gasteiger charge is 2.22. The molecule has 0 spiro atoms. The van der Waals surface area contributed by atoms with Gasteiger partial charge in [-0.2, -0.15) is 0 Å². The first-order valence-corrected chi connectivity index (χ1v) is 9.39. The molecular weight excluding hydrogens is 334 g/mol. The van der Waals surface area contributed by atoms with Gasteiger partial charge in [0.1, 0.15) is 15.6 Å². The monoisotopic (exact) mass is 357 g/mol. The van der Waals surface area contributed by atoms with Crippen molar-refractivity contribution in [3.8, 4) is 5.75 Å². The lowest BCUT2D eigenvalue weighted by Gasteiger charge is -2.25. The van der Waals surface area contributed by atoms with Gasteiger partial charge in [-0.3, -0.25) is 4.79 Å². The van der Waals surface area contributed by atoms with Gasteiger partial charge in [0.25, 0.3) is 5.91 Å². The SMILES string of the molecule is Cc1cc(C(=O)N(C)C(C)CS(C)(=O)=O)cc(C)c1OCC(=O)O. The predicted octanol–water partition coefficient (Wildman–Crippen LogP) is 1.27. The fraction of sp³-hybridized carbons (Fsp3) is 0.500. The van der Waals surface area contributed by atoms with Crippen molar-refractivity contribution in [2.24, 2.45) is 0 Å². The Bertz CT molecular complexity index is 718. The van der Waals surface area contributed by atoms with Crippen LogP contribution < -0.4 is 4.74 Å². The minimum atomic E-state index is -3.19. The first kappa shape index (κ1) is 20.0. The number of hydrogen-bond acceptors (Lipinski definition) is 5. The van der Waals surface area contributed by atoms with Gasteiger partial charge in [-0.15, -0.1) is 0 Å². The normalized spacial score (nSPS) is 12.5. The Kier molecular flexibility index (Phi) is 6.36. The molecule has 0 aliphatic heterocycles. The second-order valence-electron chi connectivity index (χ2n) is 5.98. The molecule has 1 unspecified atom stereocenters. The smallest absolute Gasteiger partial charge is 0.341 e. The zero-order chi connectivity index (χ0) is 18.7. The molecule has 134 valence electrons. The number of benzene rings is 1. The number of nitrogens with zero attached hydrogens (tertiary/aromatic N) is 1. The zero-order valence-electron chi connectivity index (χ0n) is 14.5. The Morgan fingerprint density at radius 1 is 1.25 bits per heavy atom. The van der Waals surface area contributed by atoms with E-state index in [1.807, 2.05) is 0 Å². The third kappa shape index (κ3) is 5.52. The number of carboxylic acid groups (broad SMARTS) is 1. The number of carbonyl (C=O) groups excluding carboxylic acids is 1. The largest absolute Gasteiger partial charge is 0.481 e. The summed E-state index contributed by atoms with van der Waals surface area (Å²) in [6.45, 7) is 4.66. The maximum Gasteiger partial charge on any atom is 0.341 e. The Hall–Kier alpha value is -2.09. The molecular formula is C16H23NO6S. The number of sulfone groups is 1. The molecule has 0 radical (unpaired) electrons. The maximum atomic E-state index is 12.5. The summed E-state index contributed by atoms with van der Waals surface area (Å²) >= 11 is 0. The van der Waals surface area contributed by atoms with Crippen LogP contribution in [0.25, 0.3) is 0 Å². The fourth-order valence-electron chi connectivity index (χ4n) is 2.39. The van der Waals surface area contributed by atoms with Crippen molar-refractivity contribution in [3.05, 3.63) is 28.8 Å². The number of aryl methyl sites for hydroxylation is 2. The third-order valence-electron chi connectivity index (χ3n) is 3.57. The van der Waals surface area contributed by atoms with E-state index < -0.39 is 28.5 Å². The maximum absolute atomic E-state index is 12.5. The molecule has 1 amide bonds. The van der Waals surface area contributed by atoms with Gasteiger partial charge in [-0.25, -0.2) is 13.2 Å². The fourth-order valence-corrected chi connectivity index (χ4v) is 3.49. The van der Waals surface area contributed by atoms with Crippen molar-refractivity contribution in [1.29, 1.82) is 0 Å². The number of ether oxygens (including phenoxy) is 1. The molecule has 0 aliphatic rings. The van der Waals surface area contributed by atoms with E-state index in [1.165, 1.54) is 4.90 Å². The van der Waals surface area contributed by atoms with Crippen LogP contribution in [0, 0.1) is 13.8 Å². The molecule has 0 saturated carbocycles. The third-order valence-corrected chi connectivity index (χ3v) is 4.66. The molecule has 0 heterocycles. The van der Waals surface area contributed by atoms with Crippen LogP contribution in [0.3, 0.4) is 0 Å². The minimum Gasteiger partial charge on any atom is -0.481 e. The molecule has 24 heavy (non-hydrogen) atoms. The number of carbonyl (C=O) groups is 2. The summed E-state index contributed by atoms with van der Waals surface area (Å²) in [6.07, 6.45) is 1.13. The molecule has 1 rings (SSSR count). The molecule has 7 nitrogen and oxygen atoms in total. The number of aliphatic carboxylic acids is 1. The Balaban J connectivity index is 3.01. The van der Waals surface area contributed by atoms with Gasteiger partial charge in [0.2, 0.25) is 0 Å². The average Bonchev–Trinajstić information content (AvgIpc) is 2.42. The summed E-state index contributed by atoms with van der Waals surface area (Å²) in [5.74, 6) is -1.07. The van der Waals surface area contributed by atoms with Crippen LogP contribution in [-0.4, -0.2) is 62.0 Å². The molecule has 1 N–H and O–H groups in total. The van der Waals surface area contributed by atoms with Crippen LogP contribution in [-0.2, 0) is 14.6 Å². The molecule has 1 aromatic rings. The first-order chi connectivity index (χ1) is 10.9. The van der Waals surface area contributed by atoms with E-state index >= 15 is 0 Å². The van der Waals surface area contributed by atoms with Crippen molar-refractivity contribution < 1.29 is 27.9 Å². The lowest BCUT2D eigenvalue weighted by molar-refractivity contribution is -0.139. The van der Waals surface area contributed by atoms with Crippen molar-refractivity contribution in [3.63, 3.8) is 0 Å². The number of rotatable bonds is 7. The van der Waals surface area contributed by atoms with Crippen molar-refractivity contribution >= 4 is 21.7 Å². The average molecular weight is 357 g/mol. The van der Waals surface area contributed by atoms with E-state index in [9.17, 15) is 18.0 Å². The van der Waals surface area contributed by atoms with Crippen LogP contribution >= 0.6 is 0 Å². The second kappa shape index (κ2) is 7.65. The summed E-state index contributed by atoms with van der Waals surface area (Å²) in [5.41, 5.74) is 1.68. The summed E-state index contributed by atoms with van der Waals surface area (Å²) in [6, 6.07) is 2.75. The van der Waals surface area contributed by atoms with Gasteiger partial charge < -0.3 is 14.7 Å². The Morgan fingerprint density at radius 2 is 1.75 bits per heavy atom. The van der Waals surface area contributed by atoms with E-state index in [1.54, 1.807) is 40.0 Å². The molecule has 0 aliphatic carbocycles. The van der Waals surface area contributed by atoms with Crippen LogP contribution in [0.5, 0.6) is 5.75 Å². The van der Waals surface area contributed by atoms with E-state index in [0.717, 1.165) is 6.26 Å². The predicted molar refractivity (Wildman–Crippen MR) is 90.3 cm³/mol. The van der Waals surface area contributed by atoms with Crippen LogP contribution in [0.4, 0.5) is 0 Å². The van der Waals surface area contributed by atoms with Crippen LogP contribution in [0.1, 0.15) is 28.4 Å². The molecule has 1 atom stereocenters. The lowest BCUT2D eigenvalue weighted by Crippen LogP contribution is -2.39. The summed E-state index contributed by atoms with van der Waals surface area (Å²) in [4.78, 5) is 24.5. The second-order valence-corrected chi connectivity index (χ2v) is 8.16. The highest BCUT2D eigenvalue weighted by atomic mass is 32.2. The summed E-state index contributed by atoms with van der Waals surface area (Å²) in [5, 5.41) is 8.69. The van der Waals surface area contributed by atoms with Gasteiger partial charge in [0.15, 0.2) is 6.61 Å². The highest BCUT2D eigenvalue weighted by molar-refractivity contribution is 7.90. The first-order valence-electron chi connectivity index (χ1n) is 7.33. The van der Waals surface area contributed by atoms with Crippen molar-refractivity contribution in [1.82, 2.24) is 4.90 Å². The summed E-state index contributed by atoms with van der Waals surface area (Å²) in [7, 11) is -1.64. The summed E-state index contributed by atoms with van der Waals surface area (Å²) < 4.78 is 28.0. The molecule has 0 fully saturated rings. The molecule has 8 heteroatoms. The van der Waals surface area contributed by atoms with E-state index in [2.05, 4.69) is 0 Å². The topological polar surface area (TPSA) is 101 Å². The van der Waals surface area contributed by atoms with Gasteiger partial charge in [0.05, 0.1) is 5.75 Å². The minimum absolute atomic E-state index is 0.118. The van der Waals surface area contributed by atoms with E-state index in [0.29, 0.717) is 22.4 Å². The lowest BCUT2D eigenvalue weighted by atomic mass is 10.0. The standard InChI is InChI=1S/C16H23NO6S/c1-10-6-13(7-11(2)15(10)23-8-14(18)19)16(20)17(4)12(3)9-24(5,21)22/h6-7,12H,8-9H2,1-5H3,(H,18,19). The zero-order valence-corrected chi connectivity index (χ0v) is 15.3. The van der Waals surface area contributed by atoms with Gasteiger partial charge in [-0.05, 0) is 44.0 Å². The Morgan fingerprint density at radius 3 is 2.17 bits per heavy atom. The van der Waals surface area contributed by atoms with E-state index in [-0.39, 0.29) is 11.7 Å². The Labute approximate surface area is 142 Å². The molecule has 0 saturated heterocycles. The molecule has 1 aromatic carbocycles. The number of amides is 1. The highest BCUT2D eigenvalue weighted by Crippen LogP contribution is 2.25. The number of hydrogen-bond donors (Lipinski definition) is 1. The van der Waals surface area contributed by atoms with Crippen LogP contribution in [0.2, 0.25) is 0 Å². The van der Waals surface area contributed by atoms with Gasteiger partial charge in [-0.1, -0.05) is 0 Å². The number of carboxylic acids is 1. The van der Waals surface area contributed by atoms with Gasteiger partial charge >= 0.3 is 5.97 Å².